The first-order valence-corrected chi connectivity index (χ1v) is 11.5. The van der Waals surface area contributed by atoms with Crippen LogP contribution in [0.15, 0.2) is 71.2 Å². The van der Waals surface area contributed by atoms with Gasteiger partial charge in [-0.1, -0.05) is 59.2 Å². The third-order valence-electron chi connectivity index (χ3n) is 4.23. The highest BCUT2D eigenvalue weighted by Crippen LogP contribution is 2.33. The molecule has 1 atom stereocenters. The van der Waals surface area contributed by atoms with Crippen molar-refractivity contribution in [2.45, 2.75) is 17.3 Å². The average molecular weight is 475 g/mol. The number of nitrogens with one attached hydrogen (secondary N) is 1. The van der Waals surface area contributed by atoms with Gasteiger partial charge in [0.2, 0.25) is 5.91 Å². The SMILES string of the molecule is CC(Sc1nnc(-c2cccs2)n1-c1ccccc1)C(=O)Nc1ccc(Cl)cc1Cl. The number of anilines is 1. The molecule has 1 unspecified atom stereocenters. The Balaban J connectivity index is 1.60. The van der Waals surface area contributed by atoms with E-state index >= 15 is 0 Å². The summed E-state index contributed by atoms with van der Waals surface area (Å²) in [4.78, 5) is 13.8. The van der Waals surface area contributed by atoms with Crippen LogP contribution < -0.4 is 5.32 Å². The fraction of sp³-hybridized carbons (Fsp3) is 0.0952. The Labute approximate surface area is 192 Å². The van der Waals surface area contributed by atoms with E-state index in [1.54, 1.807) is 29.5 Å². The number of hydrogen-bond acceptors (Lipinski definition) is 5. The number of thiophene rings is 1. The lowest BCUT2D eigenvalue weighted by atomic mass is 10.3. The van der Waals surface area contributed by atoms with Gasteiger partial charge in [-0.15, -0.1) is 21.5 Å². The monoisotopic (exact) mass is 474 g/mol. The van der Waals surface area contributed by atoms with Crippen LogP contribution in [0.5, 0.6) is 0 Å². The van der Waals surface area contributed by atoms with E-state index in [-0.39, 0.29) is 5.91 Å². The van der Waals surface area contributed by atoms with Gasteiger partial charge in [0, 0.05) is 10.7 Å². The maximum absolute atomic E-state index is 12.8. The van der Waals surface area contributed by atoms with Crippen LogP contribution in [0, 0.1) is 0 Å². The summed E-state index contributed by atoms with van der Waals surface area (Å²) in [7, 11) is 0. The molecule has 2 heterocycles. The maximum atomic E-state index is 12.8. The van der Waals surface area contributed by atoms with Crippen molar-refractivity contribution < 1.29 is 4.79 Å². The Kier molecular flexibility index (Phi) is 6.43. The predicted octanol–water partition coefficient (Wildman–Crippen LogP) is 6.42. The number of thioether (sulfide) groups is 1. The third-order valence-corrected chi connectivity index (χ3v) is 6.69. The predicted molar refractivity (Wildman–Crippen MR) is 125 cm³/mol. The van der Waals surface area contributed by atoms with Gasteiger partial charge in [0.15, 0.2) is 11.0 Å². The van der Waals surface area contributed by atoms with Crippen LogP contribution >= 0.6 is 46.3 Å². The summed E-state index contributed by atoms with van der Waals surface area (Å²) in [6.07, 6.45) is 0. The van der Waals surface area contributed by atoms with Gasteiger partial charge in [0.25, 0.3) is 0 Å². The minimum atomic E-state index is -0.431. The van der Waals surface area contributed by atoms with Crippen molar-refractivity contribution in [3.63, 3.8) is 0 Å². The fourth-order valence-electron chi connectivity index (χ4n) is 2.76. The van der Waals surface area contributed by atoms with Gasteiger partial charge in [-0.3, -0.25) is 9.36 Å². The van der Waals surface area contributed by atoms with Crippen LogP contribution in [0.25, 0.3) is 16.4 Å². The number of para-hydroxylation sites is 1. The van der Waals surface area contributed by atoms with Crippen LogP contribution in [0.1, 0.15) is 6.92 Å². The highest BCUT2D eigenvalue weighted by Gasteiger charge is 2.22. The minimum absolute atomic E-state index is 0.190. The zero-order valence-corrected chi connectivity index (χ0v) is 18.9. The Bertz CT molecular complexity index is 1160. The molecule has 1 N–H and O–H groups in total. The number of rotatable bonds is 6. The van der Waals surface area contributed by atoms with Crippen molar-refractivity contribution in [1.29, 1.82) is 0 Å². The highest BCUT2D eigenvalue weighted by molar-refractivity contribution is 8.00. The lowest BCUT2D eigenvalue weighted by Crippen LogP contribution is -2.23. The van der Waals surface area contributed by atoms with Gasteiger partial charge in [-0.2, -0.15) is 0 Å². The number of halogens is 2. The number of aromatic nitrogens is 3. The van der Waals surface area contributed by atoms with Gasteiger partial charge in [0.1, 0.15) is 0 Å². The van der Waals surface area contributed by atoms with Gasteiger partial charge < -0.3 is 5.32 Å². The van der Waals surface area contributed by atoms with E-state index in [0.29, 0.717) is 20.9 Å². The Morgan fingerprint density at radius 3 is 2.60 bits per heavy atom. The molecule has 0 aliphatic rings. The Morgan fingerprint density at radius 1 is 1.10 bits per heavy atom. The summed E-state index contributed by atoms with van der Waals surface area (Å²) >= 11 is 15.0. The number of carbonyl (C=O) groups is 1. The minimum Gasteiger partial charge on any atom is -0.324 e. The third kappa shape index (κ3) is 4.54. The zero-order chi connectivity index (χ0) is 21.1. The van der Waals surface area contributed by atoms with Crippen molar-refractivity contribution in [1.82, 2.24) is 14.8 Å². The highest BCUT2D eigenvalue weighted by atomic mass is 35.5. The number of amides is 1. The Hall–Kier alpha value is -2.32. The second-order valence-corrected chi connectivity index (χ2v) is 9.43. The summed E-state index contributed by atoms with van der Waals surface area (Å²) < 4.78 is 1.97. The molecule has 5 nitrogen and oxygen atoms in total. The second-order valence-electron chi connectivity index (χ2n) is 6.33. The lowest BCUT2D eigenvalue weighted by Gasteiger charge is -2.14. The van der Waals surface area contributed by atoms with E-state index in [1.807, 2.05) is 59.3 Å². The number of nitrogens with zero attached hydrogens (tertiary/aromatic N) is 3. The largest absolute Gasteiger partial charge is 0.324 e. The van der Waals surface area contributed by atoms with Crippen LogP contribution in [-0.4, -0.2) is 25.9 Å². The van der Waals surface area contributed by atoms with Crippen LogP contribution in [-0.2, 0) is 4.79 Å². The molecule has 4 aromatic rings. The molecule has 0 aliphatic carbocycles. The molecular formula is C21H16Cl2N4OS2. The number of hydrogen-bond donors (Lipinski definition) is 1. The molecule has 2 aromatic carbocycles. The molecule has 1 amide bonds. The molecular weight excluding hydrogens is 459 g/mol. The van der Waals surface area contributed by atoms with E-state index in [1.165, 1.54) is 11.8 Å². The van der Waals surface area contributed by atoms with Gasteiger partial charge in [-0.05, 0) is 48.7 Å². The Morgan fingerprint density at radius 2 is 1.90 bits per heavy atom. The van der Waals surface area contributed by atoms with Gasteiger partial charge in [-0.25, -0.2) is 0 Å². The standard InChI is InChI=1S/C21H16Cl2N4OS2/c1-13(20(28)24-17-10-9-14(22)12-16(17)23)30-21-26-25-19(18-8-5-11-29-18)27(21)15-6-3-2-4-7-15/h2-13H,1H3,(H,24,28). The van der Waals surface area contributed by atoms with Crippen molar-refractivity contribution in [2.75, 3.05) is 5.32 Å². The molecule has 30 heavy (non-hydrogen) atoms. The molecule has 0 fully saturated rings. The van der Waals surface area contributed by atoms with E-state index in [4.69, 9.17) is 23.2 Å². The molecule has 152 valence electrons. The first-order chi connectivity index (χ1) is 14.5. The summed E-state index contributed by atoms with van der Waals surface area (Å²) in [5.41, 5.74) is 1.45. The van der Waals surface area contributed by atoms with Gasteiger partial charge >= 0.3 is 0 Å². The number of benzene rings is 2. The smallest absolute Gasteiger partial charge is 0.237 e. The average Bonchev–Trinajstić information content (AvgIpc) is 3.40. The quantitative estimate of drug-likeness (QED) is 0.327. The molecule has 9 heteroatoms. The molecule has 4 rings (SSSR count). The van der Waals surface area contributed by atoms with E-state index in [2.05, 4.69) is 15.5 Å². The molecule has 0 saturated heterocycles. The maximum Gasteiger partial charge on any atom is 0.237 e. The first kappa shape index (κ1) is 20.9. The first-order valence-electron chi connectivity index (χ1n) is 9.00. The zero-order valence-electron chi connectivity index (χ0n) is 15.8. The van der Waals surface area contributed by atoms with Crippen molar-refractivity contribution >= 4 is 57.9 Å². The second kappa shape index (κ2) is 9.22. The van der Waals surface area contributed by atoms with Crippen molar-refractivity contribution in [3.05, 3.63) is 76.1 Å². The van der Waals surface area contributed by atoms with Crippen LogP contribution in [0.3, 0.4) is 0 Å². The summed E-state index contributed by atoms with van der Waals surface area (Å²) in [6.45, 7) is 1.82. The van der Waals surface area contributed by atoms with Crippen LogP contribution in [0.4, 0.5) is 5.69 Å². The number of carbonyl (C=O) groups excluding carboxylic acids is 1. The molecule has 0 saturated carbocycles. The fourth-order valence-corrected chi connectivity index (χ4v) is 4.78. The molecule has 0 aliphatic heterocycles. The molecule has 2 aromatic heterocycles. The van der Waals surface area contributed by atoms with Crippen LogP contribution in [0.2, 0.25) is 10.0 Å². The topological polar surface area (TPSA) is 59.8 Å². The lowest BCUT2D eigenvalue weighted by molar-refractivity contribution is -0.115. The van der Waals surface area contributed by atoms with E-state index in [9.17, 15) is 4.79 Å². The summed E-state index contributed by atoms with van der Waals surface area (Å²) in [5.74, 6) is 0.552. The summed E-state index contributed by atoms with van der Waals surface area (Å²) in [5, 5.41) is 14.7. The molecule has 0 spiro atoms. The molecule has 0 radical (unpaired) electrons. The van der Waals surface area contributed by atoms with Gasteiger partial charge in [0.05, 0.1) is 20.8 Å². The van der Waals surface area contributed by atoms with E-state index in [0.717, 1.165) is 16.4 Å². The normalized spacial score (nSPS) is 12.0. The molecule has 0 bridgehead atoms. The van der Waals surface area contributed by atoms with E-state index < -0.39 is 5.25 Å². The van der Waals surface area contributed by atoms with Crippen molar-refractivity contribution in [3.8, 4) is 16.4 Å². The summed E-state index contributed by atoms with van der Waals surface area (Å²) in [6, 6.07) is 18.8. The van der Waals surface area contributed by atoms with Crippen molar-refractivity contribution in [2.24, 2.45) is 0 Å².